The molecule has 4 rings (SSSR count). The molecule has 1 atom stereocenters. The van der Waals surface area contributed by atoms with Crippen LogP contribution in [0.2, 0.25) is 0 Å². The van der Waals surface area contributed by atoms with E-state index in [1.165, 1.54) is 12.1 Å². The van der Waals surface area contributed by atoms with Crippen LogP contribution in [0.4, 0.5) is 15.8 Å². The van der Waals surface area contributed by atoms with Crippen LogP contribution in [0, 0.1) is 5.82 Å². The number of hydrogen-bond donors (Lipinski definition) is 3. The van der Waals surface area contributed by atoms with Crippen LogP contribution in [0.15, 0.2) is 41.4 Å². The van der Waals surface area contributed by atoms with Gasteiger partial charge in [-0.3, -0.25) is 4.79 Å². The Labute approximate surface area is 180 Å². The minimum absolute atomic E-state index is 0.0943. The molecule has 2 aromatic carbocycles. The maximum atomic E-state index is 13.3. The minimum atomic E-state index is -0.768. The van der Waals surface area contributed by atoms with Crippen molar-refractivity contribution in [1.29, 1.82) is 0 Å². The zero-order chi connectivity index (χ0) is 22.0. The molecule has 0 saturated carbocycles. The molecule has 31 heavy (non-hydrogen) atoms. The predicted octanol–water partition coefficient (Wildman–Crippen LogP) is 3.95. The molecular weight excluding hydrogens is 401 g/mol. The number of nitrogens with zero attached hydrogens (tertiary/aromatic N) is 1. The first kappa shape index (κ1) is 21.1. The van der Waals surface area contributed by atoms with Gasteiger partial charge in [-0.2, -0.15) is 4.99 Å². The lowest BCUT2D eigenvalue weighted by Crippen LogP contribution is -2.32. The topological polar surface area (TPSA) is 92.2 Å². The van der Waals surface area contributed by atoms with E-state index >= 15 is 0 Å². The van der Waals surface area contributed by atoms with Gasteiger partial charge >= 0.3 is 0 Å². The summed E-state index contributed by atoms with van der Waals surface area (Å²) in [4.78, 5) is 16.6. The Balaban J connectivity index is 1.36. The fourth-order valence-electron chi connectivity index (χ4n) is 3.61. The summed E-state index contributed by atoms with van der Waals surface area (Å²) in [7, 11) is 0. The summed E-state index contributed by atoms with van der Waals surface area (Å²) < 4.78 is 24.6. The van der Waals surface area contributed by atoms with Gasteiger partial charge in [-0.25, -0.2) is 4.39 Å². The molecule has 0 saturated heterocycles. The highest BCUT2D eigenvalue weighted by atomic mass is 19.1. The second-order valence-corrected chi connectivity index (χ2v) is 8.45. The third kappa shape index (κ3) is 5.32. The van der Waals surface area contributed by atoms with Gasteiger partial charge in [0.15, 0.2) is 0 Å². The Kier molecular flexibility index (Phi) is 5.82. The molecule has 0 aromatic heterocycles. The lowest BCUT2D eigenvalue weighted by atomic mass is 10.0. The second kappa shape index (κ2) is 8.55. The monoisotopic (exact) mass is 427 g/mol. The van der Waals surface area contributed by atoms with Crippen molar-refractivity contribution < 1.29 is 23.8 Å². The molecule has 1 amide bonds. The van der Waals surface area contributed by atoms with Crippen LogP contribution in [0.1, 0.15) is 50.3 Å². The molecule has 2 aliphatic heterocycles. The van der Waals surface area contributed by atoms with Crippen molar-refractivity contribution in [2.24, 2.45) is 4.99 Å². The van der Waals surface area contributed by atoms with E-state index in [4.69, 9.17) is 9.47 Å². The molecule has 1 unspecified atom stereocenters. The van der Waals surface area contributed by atoms with Crippen molar-refractivity contribution in [3.8, 4) is 5.75 Å². The number of rotatable bonds is 6. The number of nitrogens with one attached hydrogen (secondary N) is 2. The van der Waals surface area contributed by atoms with Crippen molar-refractivity contribution in [2.45, 2.75) is 51.4 Å². The number of aliphatic hydroxyl groups is 1. The van der Waals surface area contributed by atoms with E-state index in [9.17, 15) is 14.3 Å². The number of amides is 1. The van der Waals surface area contributed by atoms with Gasteiger partial charge in [0.1, 0.15) is 24.8 Å². The Morgan fingerprint density at radius 1 is 1.26 bits per heavy atom. The zero-order valence-electron chi connectivity index (χ0n) is 17.6. The van der Waals surface area contributed by atoms with E-state index in [2.05, 4.69) is 15.6 Å². The van der Waals surface area contributed by atoms with Crippen molar-refractivity contribution in [2.75, 3.05) is 11.9 Å². The van der Waals surface area contributed by atoms with Gasteiger partial charge < -0.3 is 25.2 Å². The van der Waals surface area contributed by atoms with E-state index in [1.54, 1.807) is 26.0 Å². The first-order valence-electron chi connectivity index (χ1n) is 10.3. The second-order valence-electron chi connectivity index (χ2n) is 8.45. The number of halogens is 1. The Morgan fingerprint density at radius 2 is 2.10 bits per heavy atom. The SMILES string of the molecule is CC(C)(O)CCCC(=O)Nc1ccc2c(c1)COC(NC1COc3cc(F)ccc31)=N2. The molecule has 2 aliphatic rings. The Bertz CT molecular complexity index is 1020. The maximum Gasteiger partial charge on any atom is 0.290 e. The van der Waals surface area contributed by atoms with Crippen molar-refractivity contribution in [3.63, 3.8) is 0 Å². The van der Waals surface area contributed by atoms with Crippen LogP contribution in [0.5, 0.6) is 5.75 Å². The van der Waals surface area contributed by atoms with Gasteiger partial charge in [0, 0.05) is 29.3 Å². The molecule has 0 radical (unpaired) electrons. The Hall–Kier alpha value is -3.13. The normalized spacial score (nSPS) is 17.0. The molecule has 0 aliphatic carbocycles. The molecule has 0 fully saturated rings. The molecule has 7 nitrogen and oxygen atoms in total. The summed E-state index contributed by atoms with van der Waals surface area (Å²) in [6, 6.07) is 10.2. The number of carbonyl (C=O) groups is 1. The summed E-state index contributed by atoms with van der Waals surface area (Å²) in [5.74, 6) is 0.0973. The van der Waals surface area contributed by atoms with Crippen LogP contribution in [-0.2, 0) is 16.1 Å². The Morgan fingerprint density at radius 3 is 2.90 bits per heavy atom. The van der Waals surface area contributed by atoms with Crippen molar-refractivity contribution >= 4 is 23.3 Å². The molecule has 2 aromatic rings. The fraction of sp³-hybridized carbons (Fsp3) is 0.391. The number of ether oxygens (including phenoxy) is 2. The lowest BCUT2D eigenvalue weighted by molar-refractivity contribution is -0.116. The standard InChI is InChI=1S/C23H26FN3O4/c1-23(2,29)9-3-4-21(28)25-16-6-8-18-14(10-16)12-31-22(26-18)27-19-13-30-20-11-15(24)5-7-17(19)20/h5-8,10-11,19,29H,3-4,9,12-13H2,1-2H3,(H,25,28)(H,26,27). The minimum Gasteiger partial charge on any atom is -0.491 e. The lowest BCUT2D eigenvalue weighted by Gasteiger charge is -2.21. The molecular formula is C23H26FN3O4. The first-order chi connectivity index (χ1) is 14.8. The fourth-order valence-corrected chi connectivity index (χ4v) is 3.61. The number of benzene rings is 2. The van der Waals surface area contributed by atoms with Gasteiger partial charge in [-0.05, 0) is 51.0 Å². The van der Waals surface area contributed by atoms with E-state index in [0.717, 1.165) is 16.8 Å². The molecule has 0 spiro atoms. The summed E-state index contributed by atoms with van der Waals surface area (Å²) in [6.07, 6.45) is 1.52. The van der Waals surface area contributed by atoms with Gasteiger partial charge in [0.2, 0.25) is 5.91 Å². The highest BCUT2D eigenvalue weighted by molar-refractivity contribution is 5.91. The summed E-state index contributed by atoms with van der Waals surface area (Å²) in [6.45, 7) is 4.15. The largest absolute Gasteiger partial charge is 0.491 e. The van der Waals surface area contributed by atoms with Gasteiger partial charge in [-0.1, -0.05) is 6.07 Å². The van der Waals surface area contributed by atoms with E-state index < -0.39 is 5.60 Å². The molecule has 2 heterocycles. The molecule has 0 bridgehead atoms. The van der Waals surface area contributed by atoms with E-state index in [-0.39, 0.29) is 17.8 Å². The average Bonchev–Trinajstić information content (AvgIpc) is 3.08. The predicted molar refractivity (Wildman–Crippen MR) is 115 cm³/mol. The quantitative estimate of drug-likeness (QED) is 0.649. The molecule has 164 valence electrons. The van der Waals surface area contributed by atoms with Crippen LogP contribution in [0.25, 0.3) is 0 Å². The van der Waals surface area contributed by atoms with Gasteiger partial charge in [0.25, 0.3) is 6.02 Å². The first-order valence-corrected chi connectivity index (χ1v) is 10.3. The van der Waals surface area contributed by atoms with Gasteiger partial charge in [0.05, 0.1) is 17.3 Å². The third-order valence-electron chi connectivity index (χ3n) is 5.20. The average molecular weight is 427 g/mol. The van der Waals surface area contributed by atoms with Gasteiger partial charge in [-0.15, -0.1) is 0 Å². The maximum absolute atomic E-state index is 13.3. The van der Waals surface area contributed by atoms with E-state index in [0.29, 0.717) is 49.9 Å². The molecule has 8 heteroatoms. The highest BCUT2D eigenvalue weighted by Crippen LogP contribution is 2.34. The number of anilines is 1. The van der Waals surface area contributed by atoms with Crippen LogP contribution < -0.4 is 15.4 Å². The third-order valence-corrected chi connectivity index (χ3v) is 5.20. The van der Waals surface area contributed by atoms with Crippen molar-refractivity contribution in [3.05, 3.63) is 53.3 Å². The number of fused-ring (bicyclic) bond motifs is 2. The molecule has 3 N–H and O–H groups in total. The van der Waals surface area contributed by atoms with Crippen LogP contribution in [-0.4, -0.2) is 29.2 Å². The summed E-state index contributed by atoms with van der Waals surface area (Å²) >= 11 is 0. The van der Waals surface area contributed by atoms with Crippen molar-refractivity contribution in [1.82, 2.24) is 5.32 Å². The zero-order valence-corrected chi connectivity index (χ0v) is 17.6. The van der Waals surface area contributed by atoms with Crippen LogP contribution in [0.3, 0.4) is 0 Å². The number of amidine groups is 1. The smallest absolute Gasteiger partial charge is 0.290 e. The summed E-state index contributed by atoms with van der Waals surface area (Å²) in [5, 5.41) is 15.8. The number of hydrogen-bond acceptors (Lipinski definition) is 6. The summed E-state index contributed by atoms with van der Waals surface area (Å²) in [5.41, 5.74) is 2.40. The van der Waals surface area contributed by atoms with E-state index in [1.807, 2.05) is 12.1 Å². The number of aliphatic imine (C=N–C) groups is 1. The number of carbonyl (C=O) groups excluding carboxylic acids is 1. The van der Waals surface area contributed by atoms with Crippen LogP contribution >= 0.6 is 0 Å². The highest BCUT2D eigenvalue weighted by Gasteiger charge is 2.27.